The summed E-state index contributed by atoms with van der Waals surface area (Å²) >= 11 is 0. The standard InChI is InChI=1S/C12H23N3O2/c1-13-7-11-8-15(4-5-17-11)9-12(16)14-6-10-2-3-10/h10-11,13H,2-9H2,1H3,(H,14,16). The number of nitrogens with zero attached hydrogens (tertiary/aromatic N) is 1. The van der Waals surface area contributed by atoms with Gasteiger partial charge in [-0.25, -0.2) is 0 Å². The van der Waals surface area contributed by atoms with Crippen molar-refractivity contribution in [3.63, 3.8) is 0 Å². The number of hydrogen-bond acceptors (Lipinski definition) is 4. The van der Waals surface area contributed by atoms with Gasteiger partial charge < -0.3 is 15.4 Å². The van der Waals surface area contributed by atoms with Crippen LogP contribution in [0.25, 0.3) is 0 Å². The van der Waals surface area contributed by atoms with Crippen LogP contribution in [-0.4, -0.2) is 63.3 Å². The third-order valence-corrected chi connectivity index (χ3v) is 3.31. The van der Waals surface area contributed by atoms with Crippen LogP contribution >= 0.6 is 0 Å². The quantitative estimate of drug-likeness (QED) is 0.654. The Kier molecular flexibility index (Phi) is 4.76. The lowest BCUT2D eigenvalue weighted by molar-refractivity contribution is -0.124. The van der Waals surface area contributed by atoms with Crippen molar-refractivity contribution in [2.45, 2.75) is 18.9 Å². The molecule has 0 bridgehead atoms. The van der Waals surface area contributed by atoms with Gasteiger partial charge in [0.2, 0.25) is 5.91 Å². The number of nitrogens with one attached hydrogen (secondary N) is 2. The first-order valence-electron chi connectivity index (χ1n) is 6.53. The number of ether oxygens (including phenoxy) is 1. The van der Waals surface area contributed by atoms with Crippen LogP contribution in [0.2, 0.25) is 0 Å². The Morgan fingerprint density at radius 2 is 2.24 bits per heavy atom. The zero-order valence-corrected chi connectivity index (χ0v) is 10.6. The summed E-state index contributed by atoms with van der Waals surface area (Å²) in [6.07, 6.45) is 2.77. The summed E-state index contributed by atoms with van der Waals surface area (Å²) in [7, 11) is 1.92. The lowest BCUT2D eigenvalue weighted by Gasteiger charge is -2.32. The van der Waals surface area contributed by atoms with Crippen LogP contribution in [0.5, 0.6) is 0 Å². The van der Waals surface area contributed by atoms with Crippen LogP contribution in [0.3, 0.4) is 0 Å². The topological polar surface area (TPSA) is 53.6 Å². The summed E-state index contributed by atoms with van der Waals surface area (Å²) in [6.45, 7) is 4.65. The van der Waals surface area contributed by atoms with E-state index in [9.17, 15) is 4.79 Å². The highest BCUT2D eigenvalue weighted by Gasteiger charge is 2.24. The Balaban J connectivity index is 1.64. The van der Waals surface area contributed by atoms with E-state index in [0.29, 0.717) is 6.54 Å². The van der Waals surface area contributed by atoms with Crippen LogP contribution in [0.1, 0.15) is 12.8 Å². The van der Waals surface area contributed by atoms with Crippen molar-refractivity contribution in [2.75, 3.05) is 46.4 Å². The number of likely N-dealkylation sites (N-methyl/N-ethyl adjacent to an activating group) is 1. The van der Waals surface area contributed by atoms with Gasteiger partial charge >= 0.3 is 0 Å². The molecule has 2 N–H and O–H groups in total. The van der Waals surface area contributed by atoms with E-state index in [1.807, 2.05) is 7.05 Å². The Bertz CT molecular complexity index is 254. The van der Waals surface area contributed by atoms with E-state index in [-0.39, 0.29) is 12.0 Å². The van der Waals surface area contributed by atoms with E-state index < -0.39 is 0 Å². The largest absolute Gasteiger partial charge is 0.374 e. The minimum atomic E-state index is 0.155. The molecule has 0 aromatic heterocycles. The lowest BCUT2D eigenvalue weighted by atomic mass is 10.2. The molecule has 0 radical (unpaired) electrons. The average Bonchev–Trinajstić information content (AvgIpc) is 3.11. The van der Waals surface area contributed by atoms with Gasteiger partial charge in [0, 0.05) is 26.2 Å². The summed E-state index contributed by atoms with van der Waals surface area (Å²) in [5.74, 6) is 0.905. The maximum absolute atomic E-state index is 11.7. The van der Waals surface area contributed by atoms with Crippen LogP contribution in [0.4, 0.5) is 0 Å². The summed E-state index contributed by atoms with van der Waals surface area (Å²) in [6, 6.07) is 0. The maximum atomic E-state index is 11.7. The van der Waals surface area contributed by atoms with E-state index in [0.717, 1.165) is 38.7 Å². The van der Waals surface area contributed by atoms with E-state index in [1.54, 1.807) is 0 Å². The number of rotatable bonds is 6. The minimum Gasteiger partial charge on any atom is -0.374 e. The molecule has 1 saturated carbocycles. The SMILES string of the molecule is CNCC1CN(CC(=O)NCC2CC2)CCO1. The first kappa shape index (κ1) is 12.8. The van der Waals surface area contributed by atoms with Crippen LogP contribution < -0.4 is 10.6 Å². The van der Waals surface area contributed by atoms with Gasteiger partial charge in [0.1, 0.15) is 0 Å². The zero-order valence-electron chi connectivity index (χ0n) is 10.6. The number of carbonyl (C=O) groups is 1. The van der Waals surface area contributed by atoms with Gasteiger partial charge in [-0.15, -0.1) is 0 Å². The molecule has 0 aromatic carbocycles. The third-order valence-electron chi connectivity index (χ3n) is 3.31. The van der Waals surface area contributed by atoms with Gasteiger partial charge in [0.25, 0.3) is 0 Å². The molecule has 1 saturated heterocycles. The van der Waals surface area contributed by atoms with Crippen molar-refractivity contribution in [1.82, 2.24) is 15.5 Å². The predicted octanol–water partition coefficient (Wildman–Crippen LogP) is -0.567. The number of morpholine rings is 1. The molecule has 1 heterocycles. The molecular formula is C12H23N3O2. The van der Waals surface area contributed by atoms with Gasteiger partial charge in [-0.2, -0.15) is 0 Å². The van der Waals surface area contributed by atoms with Crippen molar-refractivity contribution >= 4 is 5.91 Å². The highest BCUT2D eigenvalue weighted by Crippen LogP contribution is 2.27. The molecule has 1 atom stereocenters. The molecule has 1 amide bonds. The molecule has 1 unspecified atom stereocenters. The zero-order chi connectivity index (χ0) is 12.1. The van der Waals surface area contributed by atoms with Gasteiger partial charge in [-0.05, 0) is 25.8 Å². The van der Waals surface area contributed by atoms with Gasteiger partial charge in [-0.3, -0.25) is 9.69 Å². The fourth-order valence-corrected chi connectivity index (χ4v) is 2.11. The maximum Gasteiger partial charge on any atom is 0.234 e. The monoisotopic (exact) mass is 241 g/mol. The van der Waals surface area contributed by atoms with Gasteiger partial charge in [0.15, 0.2) is 0 Å². The van der Waals surface area contributed by atoms with Crippen LogP contribution in [-0.2, 0) is 9.53 Å². The first-order valence-corrected chi connectivity index (χ1v) is 6.53. The van der Waals surface area contributed by atoms with E-state index in [4.69, 9.17) is 4.74 Å². The van der Waals surface area contributed by atoms with Crippen LogP contribution in [0, 0.1) is 5.92 Å². The molecule has 98 valence electrons. The molecule has 5 nitrogen and oxygen atoms in total. The first-order chi connectivity index (χ1) is 8.28. The van der Waals surface area contributed by atoms with E-state index in [1.165, 1.54) is 12.8 Å². The summed E-state index contributed by atoms with van der Waals surface area (Å²) in [5, 5.41) is 6.11. The molecule has 5 heteroatoms. The molecule has 2 fully saturated rings. The van der Waals surface area contributed by atoms with Crippen LogP contribution in [0.15, 0.2) is 0 Å². The van der Waals surface area contributed by atoms with Gasteiger partial charge in [-0.1, -0.05) is 0 Å². The Morgan fingerprint density at radius 3 is 2.94 bits per heavy atom. The predicted molar refractivity (Wildman–Crippen MR) is 65.8 cm³/mol. The Hall–Kier alpha value is -0.650. The molecule has 2 rings (SSSR count). The Morgan fingerprint density at radius 1 is 1.41 bits per heavy atom. The second kappa shape index (κ2) is 6.33. The molecule has 1 aliphatic carbocycles. The van der Waals surface area contributed by atoms with Crippen molar-refractivity contribution in [3.05, 3.63) is 0 Å². The molecule has 0 aromatic rings. The summed E-state index contributed by atoms with van der Waals surface area (Å²) in [5.41, 5.74) is 0. The molecule has 2 aliphatic rings. The molecule has 1 aliphatic heterocycles. The lowest BCUT2D eigenvalue weighted by Crippen LogP contribution is -2.49. The number of carbonyl (C=O) groups excluding carboxylic acids is 1. The van der Waals surface area contributed by atoms with Crippen molar-refractivity contribution < 1.29 is 9.53 Å². The average molecular weight is 241 g/mol. The highest BCUT2D eigenvalue weighted by atomic mass is 16.5. The smallest absolute Gasteiger partial charge is 0.234 e. The summed E-state index contributed by atoms with van der Waals surface area (Å²) < 4.78 is 5.60. The van der Waals surface area contributed by atoms with E-state index in [2.05, 4.69) is 15.5 Å². The normalized spacial score (nSPS) is 25.8. The molecular weight excluding hydrogens is 218 g/mol. The van der Waals surface area contributed by atoms with Crippen molar-refractivity contribution in [2.24, 2.45) is 5.92 Å². The van der Waals surface area contributed by atoms with Crippen molar-refractivity contribution in [1.29, 1.82) is 0 Å². The van der Waals surface area contributed by atoms with Gasteiger partial charge in [0.05, 0.1) is 19.3 Å². The number of hydrogen-bond donors (Lipinski definition) is 2. The Labute approximate surface area is 103 Å². The fourth-order valence-electron chi connectivity index (χ4n) is 2.11. The second-order valence-electron chi connectivity index (χ2n) is 5.03. The minimum absolute atomic E-state index is 0.155. The summed E-state index contributed by atoms with van der Waals surface area (Å²) in [4.78, 5) is 13.9. The second-order valence-corrected chi connectivity index (χ2v) is 5.03. The molecule has 0 spiro atoms. The van der Waals surface area contributed by atoms with E-state index >= 15 is 0 Å². The third kappa shape index (κ3) is 4.61. The highest BCUT2D eigenvalue weighted by molar-refractivity contribution is 5.78. The fraction of sp³-hybridized carbons (Fsp3) is 0.917. The number of amides is 1. The van der Waals surface area contributed by atoms with Crippen molar-refractivity contribution in [3.8, 4) is 0 Å². The molecule has 17 heavy (non-hydrogen) atoms.